The first kappa shape index (κ1) is 15.4. The van der Waals surface area contributed by atoms with Crippen LogP contribution < -0.4 is 5.32 Å². The summed E-state index contributed by atoms with van der Waals surface area (Å²) in [6, 6.07) is 7.80. The summed E-state index contributed by atoms with van der Waals surface area (Å²) >= 11 is 1.56. The van der Waals surface area contributed by atoms with Crippen molar-refractivity contribution < 1.29 is 19.8 Å². The molecule has 0 saturated carbocycles. The Morgan fingerprint density at radius 3 is 2.81 bits per heavy atom. The van der Waals surface area contributed by atoms with Crippen molar-refractivity contribution in [3.05, 3.63) is 29.3 Å². The highest BCUT2D eigenvalue weighted by Crippen LogP contribution is 2.22. The number of amides is 1. The lowest BCUT2D eigenvalue weighted by Gasteiger charge is -2.06. The summed E-state index contributed by atoms with van der Waals surface area (Å²) in [5, 5.41) is 21.1. The second kappa shape index (κ2) is 7.14. The predicted octanol–water partition coefficient (Wildman–Crippen LogP) is 1.18. The Kier molecular flexibility index (Phi) is 5.24. The number of aliphatic hydroxyl groups excluding tert-OH is 1. The number of nitrogens with zero attached hydrogens (tertiary/aromatic N) is 1. The van der Waals surface area contributed by atoms with Gasteiger partial charge in [-0.2, -0.15) is 0 Å². The van der Waals surface area contributed by atoms with Gasteiger partial charge in [0.25, 0.3) is 0 Å². The van der Waals surface area contributed by atoms with Crippen LogP contribution in [0.25, 0.3) is 10.2 Å². The normalized spacial score (nSPS) is 12.2. The maximum atomic E-state index is 11.6. The van der Waals surface area contributed by atoms with Crippen LogP contribution in [0.1, 0.15) is 17.8 Å². The molecule has 0 fully saturated rings. The molecular formula is C14H16N2O4S. The van der Waals surface area contributed by atoms with Crippen molar-refractivity contribution in [3.8, 4) is 0 Å². The van der Waals surface area contributed by atoms with Gasteiger partial charge in [-0.25, -0.2) is 9.78 Å². The molecule has 0 aliphatic carbocycles. The van der Waals surface area contributed by atoms with Crippen LogP contribution in [0.15, 0.2) is 24.3 Å². The van der Waals surface area contributed by atoms with Gasteiger partial charge in [-0.05, 0) is 12.1 Å². The predicted molar refractivity (Wildman–Crippen MR) is 79.2 cm³/mol. The summed E-state index contributed by atoms with van der Waals surface area (Å²) in [6.07, 6.45) is -0.590. The third kappa shape index (κ3) is 4.51. The Labute approximate surface area is 125 Å². The molecule has 3 N–H and O–H groups in total. The largest absolute Gasteiger partial charge is 0.479 e. The molecule has 1 unspecified atom stereocenters. The standard InChI is InChI=1S/C14H16N2O4S/c17-10(14(19)20)7-8-15-12(18)5-6-13-16-9-3-1-2-4-11(9)21-13/h1-4,10,17H,5-8H2,(H,15,18)(H,19,20). The number of carbonyl (C=O) groups is 2. The zero-order valence-corrected chi connectivity index (χ0v) is 12.1. The van der Waals surface area contributed by atoms with Crippen LogP contribution in [0.4, 0.5) is 0 Å². The maximum absolute atomic E-state index is 11.6. The van der Waals surface area contributed by atoms with Gasteiger partial charge >= 0.3 is 5.97 Å². The van der Waals surface area contributed by atoms with Gasteiger partial charge in [-0.3, -0.25) is 4.79 Å². The first-order valence-corrected chi connectivity index (χ1v) is 7.40. The molecule has 1 aromatic heterocycles. The quantitative estimate of drug-likeness (QED) is 0.713. The first-order valence-electron chi connectivity index (χ1n) is 6.58. The number of rotatable bonds is 7. The van der Waals surface area contributed by atoms with Crippen LogP contribution in [0.3, 0.4) is 0 Å². The number of fused-ring (bicyclic) bond motifs is 1. The molecule has 2 aromatic rings. The van der Waals surface area contributed by atoms with Gasteiger partial charge in [-0.15, -0.1) is 11.3 Å². The van der Waals surface area contributed by atoms with Crippen molar-refractivity contribution in [1.29, 1.82) is 0 Å². The smallest absolute Gasteiger partial charge is 0.332 e. The summed E-state index contributed by atoms with van der Waals surface area (Å²) in [6.45, 7) is 0.145. The van der Waals surface area contributed by atoms with E-state index in [1.807, 2.05) is 24.3 Å². The van der Waals surface area contributed by atoms with E-state index in [4.69, 9.17) is 10.2 Å². The monoisotopic (exact) mass is 308 g/mol. The summed E-state index contributed by atoms with van der Waals surface area (Å²) in [7, 11) is 0. The number of benzene rings is 1. The van der Waals surface area contributed by atoms with Gasteiger partial charge in [0.05, 0.1) is 15.2 Å². The van der Waals surface area contributed by atoms with Crippen molar-refractivity contribution >= 4 is 33.4 Å². The van der Waals surface area contributed by atoms with E-state index in [0.29, 0.717) is 12.8 Å². The molecule has 0 radical (unpaired) electrons. The number of carboxylic acids is 1. The topological polar surface area (TPSA) is 99.5 Å². The summed E-state index contributed by atoms with van der Waals surface area (Å²) in [5.74, 6) is -1.45. The SMILES string of the molecule is O=C(CCc1nc2ccccc2s1)NCCC(O)C(=O)O. The Balaban J connectivity index is 1.75. The lowest BCUT2D eigenvalue weighted by atomic mass is 10.2. The Morgan fingerprint density at radius 2 is 2.10 bits per heavy atom. The second-order valence-electron chi connectivity index (χ2n) is 4.57. The van der Waals surface area contributed by atoms with Gasteiger partial charge in [0.2, 0.25) is 5.91 Å². The van der Waals surface area contributed by atoms with Crippen LogP contribution in [0.5, 0.6) is 0 Å². The lowest BCUT2D eigenvalue weighted by Crippen LogP contribution is -2.30. The Bertz CT molecular complexity index is 608. The van der Waals surface area contributed by atoms with E-state index < -0.39 is 12.1 Å². The zero-order valence-electron chi connectivity index (χ0n) is 11.3. The molecule has 0 aliphatic rings. The van der Waals surface area contributed by atoms with Crippen molar-refractivity contribution in [1.82, 2.24) is 10.3 Å². The Morgan fingerprint density at radius 1 is 1.33 bits per heavy atom. The number of hydrogen-bond acceptors (Lipinski definition) is 5. The van der Waals surface area contributed by atoms with E-state index in [2.05, 4.69) is 10.3 Å². The molecule has 1 atom stereocenters. The van der Waals surface area contributed by atoms with Gasteiger partial charge in [0, 0.05) is 25.8 Å². The number of hydrogen-bond donors (Lipinski definition) is 3. The Hall–Kier alpha value is -1.99. The van der Waals surface area contributed by atoms with Gasteiger partial charge in [0.1, 0.15) is 0 Å². The summed E-state index contributed by atoms with van der Waals surface area (Å²) in [4.78, 5) is 26.5. The fraction of sp³-hybridized carbons (Fsp3) is 0.357. The van der Waals surface area contributed by atoms with Crippen LogP contribution in [0, 0.1) is 0 Å². The third-order valence-electron chi connectivity index (χ3n) is 2.93. The molecular weight excluding hydrogens is 292 g/mol. The zero-order chi connectivity index (χ0) is 15.2. The summed E-state index contributed by atoms with van der Waals surface area (Å²) < 4.78 is 1.09. The average molecular weight is 308 g/mol. The van der Waals surface area contributed by atoms with E-state index in [1.165, 1.54) is 0 Å². The minimum absolute atomic E-state index is 0.00219. The molecule has 0 bridgehead atoms. The number of thiazole rings is 1. The van der Waals surface area contributed by atoms with E-state index in [-0.39, 0.29) is 18.9 Å². The highest BCUT2D eigenvalue weighted by Gasteiger charge is 2.13. The van der Waals surface area contributed by atoms with Crippen molar-refractivity contribution in [3.63, 3.8) is 0 Å². The molecule has 1 amide bonds. The highest BCUT2D eigenvalue weighted by molar-refractivity contribution is 7.18. The number of carbonyl (C=O) groups excluding carboxylic acids is 1. The maximum Gasteiger partial charge on any atom is 0.332 e. The molecule has 1 heterocycles. The molecule has 0 saturated heterocycles. The fourth-order valence-electron chi connectivity index (χ4n) is 1.81. The number of carboxylic acid groups (broad SMARTS) is 1. The number of para-hydroxylation sites is 1. The molecule has 0 aliphatic heterocycles. The molecule has 2 rings (SSSR count). The second-order valence-corrected chi connectivity index (χ2v) is 5.68. The summed E-state index contributed by atoms with van der Waals surface area (Å²) in [5.41, 5.74) is 0.933. The van der Waals surface area contributed by atoms with Crippen molar-refractivity contribution in [2.45, 2.75) is 25.4 Å². The van der Waals surface area contributed by atoms with Crippen LogP contribution in [-0.4, -0.2) is 39.7 Å². The van der Waals surface area contributed by atoms with Crippen LogP contribution >= 0.6 is 11.3 Å². The molecule has 21 heavy (non-hydrogen) atoms. The van der Waals surface area contributed by atoms with E-state index >= 15 is 0 Å². The average Bonchev–Trinajstić information content (AvgIpc) is 2.87. The molecule has 7 heteroatoms. The number of aliphatic hydroxyl groups is 1. The lowest BCUT2D eigenvalue weighted by molar-refractivity contribution is -0.147. The van der Waals surface area contributed by atoms with Gasteiger partial charge in [0.15, 0.2) is 6.10 Å². The third-order valence-corrected chi connectivity index (χ3v) is 4.03. The number of nitrogens with one attached hydrogen (secondary N) is 1. The van der Waals surface area contributed by atoms with E-state index in [0.717, 1.165) is 15.2 Å². The number of aromatic nitrogens is 1. The molecule has 6 nitrogen and oxygen atoms in total. The minimum Gasteiger partial charge on any atom is -0.479 e. The highest BCUT2D eigenvalue weighted by atomic mass is 32.1. The van der Waals surface area contributed by atoms with Crippen LogP contribution in [-0.2, 0) is 16.0 Å². The molecule has 112 valence electrons. The first-order chi connectivity index (χ1) is 10.1. The number of aryl methyl sites for hydroxylation is 1. The van der Waals surface area contributed by atoms with Gasteiger partial charge in [-0.1, -0.05) is 12.1 Å². The fourth-order valence-corrected chi connectivity index (χ4v) is 2.77. The molecule has 1 aromatic carbocycles. The van der Waals surface area contributed by atoms with Crippen molar-refractivity contribution in [2.75, 3.05) is 6.54 Å². The van der Waals surface area contributed by atoms with E-state index in [9.17, 15) is 9.59 Å². The van der Waals surface area contributed by atoms with Gasteiger partial charge < -0.3 is 15.5 Å². The van der Waals surface area contributed by atoms with Crippen molar-refractivity contribution in [2.24, 2.45) is 0 Å². The van der Waals surface area contributed by atoms with E-state index in [1.54, 1.807) is 11.3 Å². The number of aliphatic carboxylic acids is 1. The molecule has 0 spiro atoms. The minimum atomic E-state index is -1.44. The van der Waals surface area contributed by atoms with Crippen LogP contribution in [0.2, 0.25) is 0 Å².